The van der Waals surface area contributed by atoms with Crippen molar-refractivity contribution in [1.29, 1.82) is 0 Å². The predicted molar refractivity (Wildman–Crippen MR) is 113 cm³/mol. The van der Waals surface area contributed by atoms with Crippen LogP contribution in [-0.2, 0) is 14.8 Å². The number of esters is 1. The molecule has 0 radical (unpaired) electrons. The number of nitrogens with one attached hydrogen (secondary N) is 1. The molecule has 3 aromatic rings. The van der Waals surface area contributed by atoms with Crippen LogP contribution in [0.5, 0.6) is 0 Å². The van der Waals surface area contributed by atoms with E-state index in [1.807, 2.05) is 61.5 Å². The molecule has 0 amide bonds. The smallest absolute Gasteiger partial charge is 0.339 e. The highest BCUT2D eigenvalue weighted by Gasteiger charge is 2.25. The van der Waals surface area contributed by atoms with Crippen LogP contribution in [0.3, 0.4) is 0 Å². The van der Waals surface area contributed by atoms with Crippen LogP contribution in [0.25, 0.3) is 0 Å². The summed E-state index contributed by atoms with van der Waals surface area (Å²) in [6.07, 6.45) is 0. The van der Waals surface area contributed by atoms with Gasteiger partial charge in [0, 0.05) is 0 Å². The molecule has 1 unspecified atom stereocenters. The second-order valence-electron chi connectivity index (χ2n) is 6.51. The minimum atomic E-state index is -3.97. The molecule has 5 nitrogen and oxygen atoms in total. The lowest BCUT2D eigenvalue weighted by Crippen LogP contribution is -2.29. The standard InChI is InChI=1S/C22H20ClNO4S/c1-15-7-6-10-17(13-15)21(16-8-4-3-5-9-16)24-29(26,27)18-11-12-20(23)19(14-18)22(25)28-2/h3-14,21,24H,1-2H3. The lowest BCUT2D eigenvalue weighted by Gasteiger charge is -2.20. The normalized spacial score (nSPS) is 12.4. The number of halogens is 1. The van der Waals surface area contributed by atoms with Gasteiger partial charge in [0.1, 0.15) is 0 Å². The molecular weight excluding hydrogens is 410 g/mol. The number of sulfonamides is 1. The van der Waals surface area contributed by atoms with Crippen LogP contribution in [0.2, 0.25) is 5.02 Å². The molecule has 3 aromatic carbocycles. The van der Waals surface area contributed by atoms with Crippen molar-refractivity contribution < 1.29 is 17.9 Å². The molecule has 0 fully saturated rings. The van der Waals surface area contributed by atoms with Crippen LogP contribution in [0, 0.1) is 6.92 Å². The Hall–Kier alpha value is -2.67. The molecule has 7 heteroatoms. The van der Waals surface area contributed by atoms with Gasteiger partial charge in [-0.25, -0.2) is 13.2 Å². The van der Waals surface area contributed by atoms with Gasteiger partial charge < -0.3 is 4.74 Å². The van der Waals surface area contributed by atoms with Crippen LogP contribution < -0.4 is 4.72 Å². The van der Waals surface area contributed by atoms with Crippen molar-refractivity contribution in [1.82, 2.24) is 4.72 Å². The summed E-state index contributed by atoms with van der Waals surface area (Å²) >= 11 is 6.02. The zero-order chi connectivity index (χ0) is 21.0. The lowest BCUT2D eigenvalue weighted by molar-refractivity contribution is 0.0600. The largest absolute Gasteiger partial charge is 0.465 e. The van der Waals surface area contributed by atoms with Gasteiger partial charge in [-0.05, 0) is 36.2 Å². The van der Waals surface area contributed by atoms with E-state index in [2.05, 4.69) is 9.46 Å². The van der Waals surface area contributed by atoms with E-state index in [4.69, 9.17) is 11.6 Å². The Balaban J connectivity index is 2.04. The summed E-state index contributed by atoms with van der Waals surface area (Å²) in [5, 5.41) is 0.120. The molecule has 150 valence electrons. The Morgan fingerprint density at radius 2 is 1.66 bits per heavy atom. The maximum Gasteiger partial charge on any atom is 0.339 e. The first-order valence-electron chi connectivity index (χ1n) is 8.83. The maximum atomic E-state index is 13.1. The maximum absolute atomic E-state index is 13.1. The van der Waals surface area contributed by atoms with Crippen LogP contribution in [0.15, 0.2) is 77.7 Å². The number of aryl methyl sites for hydroxylation is 1. The fourth-order valence-corrected chi connectivity index (χ4v) is 4.42. The molecule has 0 heterocycles. The van der Waals surface area contributed by atoms with Gasteiger partial charge in [0.15, 0.2) is 0 Å². The highest BCUT2D eigenvalue weighted by molar-refractivity contribution is 7.89. The van der Waals surface area contributed by atoms with E-state index in [9.17, 15) is 13.2 Å². The number of carbonyl (C=O) groups excluding carboxylic acids is 1. The highest BCUT2D eigenvalue weighted by Crippen LogP contribution is 2.27. The third-order valence-electron chi connectivity index (χ3n) is 4.43. The minimum absolute atomic E-state index is 0.0103. The number of methoxy groups -OCH3 is 1. The Kier molecular flexibility index (Phi) is 6.37. The van der Waals surface area contributed by atoms with Gasteiger partial charge in [-0.15, -0.1) is 0 Å². The molecule has 3 rings (SSSR count). The highest BCUT2D eigenvalue weighted by atomic mass is 35.5. The Morgan fingerprint density at radius 1 is 0.966 bits per heavy atom. The lowest BCUT2D eigenvalue weighted by atomic mass is 9.98. The van der Waals surface area contributed by atoms with Gasteiger partial charge in [0.25, 0.3) is 0 Å². The number of rotatable bonds is 6. The molecular formula is C22H20ClNO4S. The molecule has 0 bridgehead atoms. The predicted octanol–water partition coefficient (Wildman–Crippen LogP) is 4.50. The summed E-state index contributed by atoms with van der Waals surface area (Å²) in [6.45, 7) is 1.95. The van der Waals surface area contributed by atoms with E-state index in [1.165, 1.54) is 25.3 Å². The third-order valence-corrected chi connectivity index (χ3v) is 6.18. The van der Waals surface area contributed by atoms with Gasteiger partial charge in [-0.2, -0.15) is 4.72 Å². The van der Waals surface area contributed by atoms with E-state index in [0.29, 0.717) is 0 Å². The molecule has 0 aromatic heterocycles. The molecule has 0 aliphatic carbocycles. The first kappa shape index (κ1) is 21.0. The van der Waals surface area contributed by atoms with Crippen molar-refractivity contribution in [3.63, 3.8) is 0 Å². The fourth-order valence-electron chi connectivity index (χ4n) is 2.98. The van der Waals surface area contributed by atoms with E-state index in [1.54, 1.807) is 0 Å². The SMILES string of the molecule is COC(=O)c1cc(S(=O)(=O)NC(c2ccccc2)c2cccc(C)c2)ccc1Cl. The number of hydrogen-bond acceptors (Lipinski definition) is 4. The zero-order valence-electron chi connectivity index (χ0n) is 15.9. The molecule has 1 N–H and O–H groups in total. The topological polar surface area (TPSA) is 72.5 Å². The molecule has 1 atom stereocenters. The van der Waals surface area contributed by atoms with Crippen LogP contribution in [-0.4, -0.2) is 21.5 Å². The summed E-state index contributed by atoms with van der Waals surface area (Å²) in [6, 6.07) is 20.3. The average molecular weight is 430 g/mol. The van der Waals surface area contributed by atoms with Crippen LogP contribution >= 0.6 is 11.6 Å². The van der Waals surface area contributed by atoms with Crippen molar-refractivity contribution in [3.05, 3.63) is 100 Å². The number of carbonyl (C=O) groups is 1. The van der Waals surface area contributed by atoms with Gasteiger partial charge in [-0.3, -0.25) is 0 Å². The molecule has 0 aliphatic heterocycles. The van der Waals surface area contributed by atoms with E-state index in [-0.39, 0.29) is 15.5 Å². The Labute approximate surface area is 175 Å². The monoisotopic (exact) mass is 429 g/mol. The third kappa shape index (κ3) is 4.85. The van der Waals surface area contributed by atoms with Crippen LogP contribution in [0.4, 0.5) is 0 Å². The molecule has 0 aliphatic rings. The molecule has 0 spiro atoms. The second kappa shape index (κ2) is 8.78. The molecule has 29 heavy (non-hydrogen) atoms. The number of hydrogen-bond donors (Lipinski definition) is 1. The Morgan fingerprint density at radius 3 is 2.31 bits per heavy atom. The second-order valence-corrected chi connectivity index (χ2v) is 8.63. The van der Waals surface area contributed by atoms with Gasteiger partial charge in [0.05, 0.1) is 28.6 Å². The van der Waals surface area contributed by atoms with E-state index < -0.39 is 22.0 Å². The van der Waals surface area contributed by atoms with Crippen molar-refractivity contribution in [3.8, 4) is 0 Å². The number of ether oxygens (including phenoxy) is 1. The summed E-state index contributed by atoms with van der Waals surface area (Å²) in [7, 11) is -2.76. The molecule has 0 saturated heterocycles. The van der Waals surface area contributed by atoms with Crippen LogP contribution in [0.1, 0.15) is 33.1 Å². The van der Waals surface area contributed by atoms with E-state index >= 15 is 0 Å². The average Bonchev–Trinajstić information content (AvgIpc) is 2.72. The van der Waals surface area contributed by atoms with Crippen molar-refractivity contribution in [2.24, 2.45) is 0 Å². The minimum Gasteiger partial charge on any atom is -0.465 e. The first-order chi connectivity index (χ1) is 13.8. The van der Waals surface area contributed by atoms with Gasteiger partial charge in [0.2, 0.25) is 10.0 Å². The summed E-state index contributed by atoms with van der Waals surface area (Å²) < 4.78 is 33.7. The Bertz CT molecular complexity index is 1130. The number of benzene rings is 3. The summed E-state index contributed by atoms with van der Waals surface area (Å²) in [5.74, 6) is -0.703. The summed E-state index contributed by atoms with van der Waals surface area (Å²) in [4.78, 5) is 11.8. The summed E-state index contributed by atoms with van der Waals surface area (Å²) in [5.41, 5.74) is 2.61. The van der Waals surface area contributed by atoms with Gasteiger partial charge in [-0.1, -0.05) is 71.8 Å². The quantitative estimate of drug-likeness (QED) is 0.585. The first-order valence-corrected chi connectivity index (χ1v) is 10.7. The molecule has 0 saturated carbocycles. The van der Waals surface area contributed by atoms with Gasteiger partial charge >= 0.3 is 5.97 Å². The van der Waals surface area contributed by atoms with Crippen molar-refractivity contribution in [2.75, 3.05) is 7.11 Å². The van der Waals surface area contributed by atoms with Crippen molar-refractivity contribution in [2.45, 2.75) is 17.9 Å². The zero-order valence-corrected chi connectivity index (χ0v) is 17.5. The fraction of sp³-hybridized carbons (Fsp3) is 0.136. The van der Waals surface area contributed by atoms with Crippen molar-refractivity contribution >= 4 is 27.6 Å². The van der Waals surface area contributed by atoms with E-state index in [0.717, 1.165) is 16.7 Å².